The fraction of sp³-hybridized carbons (Fsp3) is 0.227. The molecule has 0 heterocycles. The van der Waals surface area contributed by atoms with Gasteiger partial charge >= 0.3 is 11.9 Å². The van der Waals surface area contributed by atoms with Gasteiger partial charge in [-0.3, -0.25) is 0 Å². The van der Waals surface area contributed by atoms with Crippen LogP contribution >= 0.6 is 0 Å². The van der Waals surface area contributed by atoms with Gasteiger partial charge in [-0.1, -0.05) is 76.2 Å². The summed E-state index contributed by atoms with van der Waals surface area (Å²) in [6.07, 6.45) is 2.28. The van der Waals surface area contributed by atoms with Crippen LogP contribution in [0.5, 0.6) is 5.75 Å². The van der Waals surface area contributed by atoms with Gasteiger partial charge in [0, 0.05) is 0 Å². The van der Waals surface area contributed by atoms with Gasteiger partial charge in [0.15, 0.2) is 0 Å². The van der Waals surface area contributed by atoms with Gasteiger partial charge in [0.05, 0.1) is 17.7 Å². The number of carbonyl (C=O) groups is 2. The van der Waals surface area contributed by atoms with Crippen molar-refractivity contribution in [2.45, 2.75) is 64.9 Å². The summed E-state index contributed by atoms with van der Waals surface area (Å²) < 4.78 is 0. The Bertz CT molecular complexity index is 2270. The van der Waals surface area contributed by atoms with Gasteiger partial charge in [0.1, 0.15) is 5.75 Å². The monoisotopic (exact) mass is 666 g/mol. The molecule has 7 rings (SSSR count). The molecule has 6 aromatic rings. The fourth-order valence-electron chi connectivity index (χ4n) is 7.09. The van der Waals surface area contributed by atoms with E-state index >= 15 is 0 Å². The fourth-order valence-corrected chi connectivity index (χ4v) is 7.09. The zero-order chi connectivity index (χ0) is 36.0. The summed E-state index contributed by atoms with van der Waals surface area (Å²) in [6, 6.07) is 32.1. The molecule has 50 heavy (non-hydrogen) atoms. The highest BCUT2D eigenvalue weighted by molar-refractivity contribution is 5.97. The summed E-state index contributed by atoms with van der Waals surface area (Å²) in [7, 11) is 0. The number of aromatic hydroxyl groups is 1. The van der Waals surface area contributed by atoms with Crippen LogP contribution < -0.4 is 0 Å². The highest BCUT2D eigenvalue weighted by atomic mass is 16.4. The van der Waals surface area contributed by atoms with Crippen molar-refractivity contribution in [3.63, 3.8) is 0 Å². The number of hydrogen-bond acceptors (Lipinski definition) is 4. The molecule has 1 aliphatic carbocycles. The molecule has 6 heteroatoms. The van der Waals surface area contributed by atoms with E-state index in [9.17, 15) is 24.9 Å². The number of aromatic carboxylic acids is 2. The molecule has 6 aromatic carbocycles. The maximum Gasteiger partial charge on any atom is 0.335 e. The number of phenolic OH excluding ortho intramolecular Hbond substituents is 1. The maximum atomic E-state index is 11.2. The minimum absolute atomic E-state index is 0.00485. The second-order valence-electron chi connectivity index (χ2n) is 14.7. The summed E-state index contributed by atoms with van der Waals surface area (Å²) in [6.45, 7) is 11.1. The first-order chi connectivity index (χ1) is 23.6. The Hall–Kier alpha value is -5.46. The molecule has 0 radical (unpaired) electrons. The first-order valence-corrected chi connectivity index (χ1v) is 16.8. The molecule has 0 amide bonds. The average Bonchev–Trinajstić information content (AvgIpc) is 3.08. The molecule has 254 valence electrons. The van der Waals surface area contributed by atoms with E-state index in [-0.39, 0.29) is 28.7 Å². The van der Waals surface area contributed by atoms with E-state index in [1.807, 2.05) is 49.4 Å². The van der Waals surface area contributed by atoms with E-state index in [4.69, 9.17) is 5.11 Å². The smallest absolute Gasteiger partial charge is 0.335 e. The third-order valence-corrected chi connectivity index (χ3v) is 10.1. The third kappa shape index (κ3) is 6.85. The van der Waals surface area contributed by atoms with E-state index in [0.29, 0.717) is 5.56 Å². The molecule has 0 saturated carbocycles. The number of hydrogen-bond donors (Lipinski definition) is 4. The number of fused-ring (bicyclic) bond motifs is 3. The minimum Gasteiger partial charge on any atom is -0.508 e. The Kier molecular flexibility index (Phi) is 9.02. The van der Waals surface area contributed by atoms with E-state index < -0.39 is 11.9 Å². The Morgan fingerprint density at radius 2 is 1.06 bits per heavy atom. The SMILES string of the molecule is CC1(C)CCC(C)(C)c2cc(-c3ccc4cc(C(=O)O)ccc4c3)c(CO)cc21.Cc1cc(O)cc(-c2ccc3cc(C(=O)O)ccc3c2)c1. The molecule has 0 fully saturated rings. The largest absolute Gasteiger partial charge is 0.508 e. The van der Waals surface area contributed by atoms with Crippen LogP contribution in [0.15, 0.2) is 103 Å². The van der Waals surface area contributed by atoms with Crippen LogP contribution in [0.1, 0.15) is 83.5 Å². The minimum atomic E-state index is -0.926. The molecular weight excluding hydrogens is 624 g/mol. The lowest BCUT2D eigenvalue weighted by Crippen LogP contribution is -2.34. The maximum absolute atomic E-state index is 11.2. The van der Waals surface area contributed by atoms with Crippen molar-refractivity contribution in [1.82, 2.24) is 0 Å². The van der Waals surface area contributed by atoms with Gasteiger partial charge in [-0.15, -0.1) is 0 Å². The number of carboxylic acid groups (broad SMARTS) is 2. The van der Waals surface area contributed by atoms with Gasteiger partial charge in [0.25, 0.3) is 0 Å². The molecule has 6 nitrogen and oxygen atoms in total. The molecule has 4 N–H and O–H groups in total. The van der Waals surface area contributed by atoms with Crippen molar-refractivity contribution >= 4 is 33.5 Å². The van der Waals surface area contributed by atoms with Gasteiger partial charge in [-0.05, 0) is 151 Å². The number of carboxylic acids is 2. The predicted octanol–water partition coefficient (Wildman–Crippen LogP) is 10.3. The molecule has 0 spiro atoms. The van der Waals surface area contributed by atoms with Crippen LogP contribution in [0.2, 0.25) is 0 Å². The lowest BCUT2D eigenvalue weighted by molar-refractivity contribution is 0.0686. The van der Waals surface area contributed by atoms with E-state index in [1.54, 1.807) is 42.5 Å². The lowest BCUT2D eigenvalue weighted by Gasteiger charge is -2.42. The molecule has 0 bridgehead atoms. The topological polar surface area (TPSA) is 115 Å². The summed E-state index contributed by atoms with van der Waals surface area (Å²) in [4.78, 5) is 22.2. The van der Waals surface area contributed by atoms with Crippen LogP contribution in [0.3, 0.4) is 0 Å². The van der Waals surface area contributed by atoms with Gasteiger partial charge in [-0.25, -0.2) is 9.59 Å². The highest BCUT2D eigenvalue weighted by Crippen LogP contribution is 2.48. The molecule has 0 saturated heterocycles. The zero-order valence-electron chi connectivity index (χ0n) is 29.0. The van der Waals surface area contributed by atoms with Crippen LogP contribution in [0, 0.1) is 6.92 Å². The van der Waals surface area contributed by atoms with Crippen molar-refractivity contribution in [3.05, 3.63) is 137 Å². The van der Waals surface area contributed by atoms with Crippen LogP contribution in [0.4, 0.5) is 0 Å². The van der Waals surface area contributed by atoms with Crippen LogP contribution in [0.25, 0.3) is 43.8 Å². The summed E-state index contributed by atoms with van der Waals surface area (Å²) in [5.41, 5.74) is 9.44. The van der Waals surface area contributed by atoms with Crippen molar-refractivity contribution in [2.75, 3.05) is 0 Å². The van der Waals surface area contributed by atoms with E-state index in [0.717, 1.165) is 67.8 Å². The Morgan fingerprint density at radius 3 is 1.58 bits per heavy atom. The van der Waals surface area contributed by atoms with Crippen molar-refractivity contribution in [3.8, 4) is 28.0 Å². The first kappa shape index (κ1) is 34.4. The second kappa shape index (κ2) is 13.1. The number of benzene rings is 6. The summed E-state index contributed by atoms with van der Waals surface area (Å²) in [5.74, 6) is -1.60. The number of phenols is 1. The molecule has 0 aliphatic heterocycles. The lowest BCUT2D eigenvalue weighted by atomic mass is 9.62. The zero-order valence-corrected chi connectivity index (χ0v) is 29.0. The van der Waals surface area contributed by atoms with Gasteiger partial charge in [0.2, 0.25) is 0 Å². The first-order valence-electron chi connectivity index (χ1n) is 16.8. The number of aryl methyl sites for hydroxylation is 1. The van der Waals surface area contributed by atoms with Gasteiger partial charge < -0.3 is 20.4 Å². The standard InChI is InChI=1S/C26H28O3.C18H14O3/c1-25(2)9-10-26(3,4)23-14-21(20(15-27)13-22(23)25)18-7-5-17-12-19(24(28)29)8-6-16(17)11-18;1-11-6-16(10-17(19)7-11)14-3-2-13-9-15(18(20)21)5-4-12(13)8-14/h5-8,11-14,27H,9-10,15H2,1-4H3,(H,28,29);2-10,19H,1H3,(H,20,21). The molecule has 0 unspecified atom stereocenters. The number of aliphatic hydroxyl groups excluding tert-OH is 1. The highest BCUT2D eigenvalue weighted by Gasteiger charge is 2.37. The van der Waals surface area contributed by atoms with E-state index in [2.05, 4.69) is 45.9 Å². The molecular formula is C44H42O6. The molecule has 0 aromatic heterocycles. The molecule has 1 aliphatic rings. The third-order valence-electron chi connectivity index (χ3n) is 10.1. The van der Waals surface area contributed by atoms with E-state index in [1.165, 1.54) is 11.1 Å². The van der Waals surface area contributed by atoms with Crippen molar-refractivity contribution < 1.29 is 30.0 Å². The Balaban J connectivity index is 0.000000182. The van der Waals surface area contributed by atoms with Crippen LogP contribution in [-0.4, -0.2) is 32.4 Å². The summed E-state index contributed by atoms with van der Waals surface area (Å²) in [5, 5.41) is 41.8. The van der Waals surface area contributed by atoms with Gasteiger partial charge in [-0.2, -0.15) is 0 Å². The van der Waals surface area contributed by atoms with Crippen LogP contribution in [-0.2, 0) is 17.4 Å². The summed E-state index contributed by atoms with van der Waals surface area (Å²) >= 11 is 0. The van der Waals surface area contributed by atoms with Crippen molar-refractivity contribution in [2.24, 2.45) is 0 Å². The second-order valence-corrected chi connectivity index (χ2v) is 14.7. The quantitative estimate of drug-likeness (QED) is 0.146. The molecule has 0 atom stereocenters. The predicted molar refractivity (Wildman–Crippen MR) is 200 cm³/mol. The Morgan fingerprint density at radius 1 is 0.580 bits per heavy atom. The van der Waals surface area contributed by atoms with Crippen molar-refractivity contribution in [1.29, 1.82) is 0 Å². The Labute approximate surface area is 292 Å². The normalized spacial score (nSPS) is 14.4. The number of rotatable bonds is 5. The number of aliphatic hydroxyl groups is 1. The average molecular weight is 667 g/mol.